The highest BCUT2D eigenvalue weighted by atomic mass is 79.9. The summed E-state index contributed by atoms with van der Waals surface area (Å²) in [5, 5.41) is 0. The number of aryl methyl sites for hydroxylation is 1. The smallest absolute Gasteiger partial charge is 0.0292 e. The van der Waals surface area contributed by atoms with Gasteiger partial charge in [-0.2, -0.15) is 0 Å². The van der Waals surface area contributed by atoms with Gasteiger partial charge in [-0.3, -0.25) is 0 Å². The van der Waals surface area contributed by atoms with Gasteiger partial charge in [-0.1, -0.05) is 35.0 Å². The molecular weight excluding hydrogens is 249 g/mol. The van der Waals surface area contributed by atoms with Crippen LogP contribution in [0.3, 0.4) is 0 Å². The second-order valence-electron chi connectivity index (χ2n) is 3.02. The molecule has 13 heavy (non-hydrogen) atoms. The molecule has 0 spiro atoms. The van der Waals surface area contributed by atoms with Crippen LogP contribution in [0, 0.1) is 6.92 Å². The lowest BCUT2D eigenvalue weighted by atomic mass is 10.0. The average molecular weight is 265 g/mol. The van der Waals surface area contributed by atoms with E-state index in [0.29, 0.717) is 0 Å². The summed E-state index contributed by atoms with van der Waals surface area (Å²) >= 11 is 3.46. The summed E-state index contributed by atoms with van der Waals surface area (Å²) in [4.78, 5) is 0. The highest BCUT2D eigenvalue weighted by molar-refractivity contribution is 9.10. The normalized spacial score (nSPS) is 12.0. The van der Waals surface area contributed by atoms with Crippen LogP contribution in [0.25, 0.3) is 0 Å². The van der Waals surface area contributed by atoms with Crippen LogP contribution in [0.15, 0.2) is 22.7 Å². The standard InChI is InChI=1S/C10H14BrN.ClH/c1-3-10(12)8-4-5-9(11)7(2)6-8;/h4-6,10H,3,12H2,1-2H3;1H/t10-;/m0./s1. The van der Waals surface area contributed by atoms with Crippen LogP contribution in [0.5, 0.6) is 0 Å². The van der Waals surface area contributed by atoms with Crippen LogP contribution in [0.2, 0.25) is 0 Å². The van der Waals surface area contributed by atoms with E-state index in [1.165, 1.54) is 11.1 Å². The minimum atomic E-state index is 0. The molecule has 0 fully saturated rings. The van der Waals surface area contributed by atoms with E-state index in [1.807, 2.05) is 0 Å². The van der Waals surface area contributed by atoms with Gasteiger partial charge in [-0.25, -0.2) is 0 Å². The molecule has 3 heteroatoms. The van der Waals surface area contributed by atoms with E-state index in [9.17, 15) is 0 Å². The lowest BCUT2D eigenvalue weighted by Gasteiger charge is -2.10. The zero-order chi connectivity index (χ0) is 9.14. The van der Waals surface area contributed by atoms with Gasteiger partial charge >= 0.3 is 0 Å². The van der Waals surface area contributed by atoms with Crippen molar-refractivity contribution in [2.45, 2.75) is 26.3 Å². The molecule has 1 nitrogen and oxygen atoms in total. The maximum atomic E-state index is 5.90. The molecule has 1 aromatic rings. The molecule has 0 aliphatic heterocycles. The van der Waals surface area contributed by atoms with Crippen LogP contribution < -0.4 is 5.73 Å². The molecule has 0 aliphatic rings. The van der Waals surface area contributed by atoms with Gasteiger partial charge in [0.05, 0.1) is 0 Å². The molecule has 1 atom stereocenters. The Morgan fingerprint density at radius 2 is 2.08 bits per heavy atom. The van der Waals surface area contributed by atoms with E-state index in [2.05, 4.69) is 48.0 Å². The predicted octanol–water partition coefficient (Wildman–Crippen LogP) is 3.59. The van der Waals surface area contributed by atoms with E-state index in [1.54, 1.807) is 0 Å². The second kappa shape index (κ2) is 5.63. The molecule has 0 radical (unpaired) electrons. The Bertz CT molecular complexity index is 276. The highest BCUT2D eigenvalue weighted by Gasteiger charge is 2.03. The summed E-state index contributed by atoms with van der Waals surface area (Å²) in [7, 11) is 0. The summed E-state index contributed by atoms with van der Waals surface area (Å²) < 4.78 is 1.15. The molecule has 0 saturated carbocycles. The quantitative estimate of drug-likeness (QED) is 0.868. The van der Waals surface area contributed by atoms with Gasteiger partial charge in [-0.05, 0) is 30.5 Å². The molecule has 1 aromatic carbocycles. The monoisotopic (exact) mass is 263 g/mol. The first-order valence-electron chi connectivity index (χ1n) is 4.16. The first kappa shape index (κ1) is 12.9. The van der Waals surface area contributed by atoms with Crippen LogP contribution in [0.1, 0.15) is 30.5 Å². The van der Waals surface area contributed by atoms with E-state index >= 15 is 0 Å². The molecule has 2 N–H and O–H groups in total. The zero-order valence-electron chi connectivity index (χ0n) is 7.88. The summed E-state index contributed by atoms with van der Waals surface area (Å²) in [6, 6.07) is 6.45. The molecule has 0 bridgehead atoms. The summed E-state index contributed by atoms with van der Waals surface area (Å²) in [5.74, 6) is 0. The van der Waals surface area contributed by atoms with Crippen molar-refractivity contribution in [2.75, 3.05) is 0 Å². The van der Waals surface area contributed by atoms with Crippen molar-refractivity contribution in [3.63, 3.8) is 0 Å². The van der Waals surface area contributed by atoms with Crippen LogP contribution in [-0.2, 0) is 0 Å². The van der Waals surface area contributed by atoms with Crippen molar-refractivity contribution >= 4 is 28.3 Å². The molecule has 1 rings (SSSR count). The van der Waals surface area contributed by atoms with Crippen molar-refractivity contribution in [1.82, 2.24) is 0 Å². The topological polar surface area (TPSA) is 26.0 Å². The highest BCUT2D eigenvalue weighted by Crippen LogP contribution is 2.21. The fraction of sp³-hybridized carbons (Fsp3) is 0.400. The number of hydrogen-bond acceptors (Lipinski definition) is 1. The Morgan fingerprint density at radius 1 is 1.46 bits per heavy atom. The predicted molar refractivity (Wildman–Crippen MR) is 63.3 cm³/mol. The van der Waals surface area contributed by atoms with E-state index < -0.39 is 0 Å². The molecule has 0 aromatic heterocycles. The van der Waals surface area contributed by atoms with E-state index in [4.69, 9.17) is 5.73 Å². The Labute approximate surface area is 94.3 Å². The second-order valence-corrected chi connectivity index (χ2v) is 3.88. The molecule has 0 heterocycles. The largest absolute Gasteiger partial charge is 0.324 e. The number of benzene rings is 1. The molecule has 0 amide bonds. The number of rotatable bonds is 2. The molecular formula is C10H15BrClN. The summed E-state index contributed by atoms with van der Waals surface area (Å²) in [6.45, 7) is 4.18. The fourth-order valence-corrected chi connectivity index (χ4v) is 1.38. The van der Waals surface area contributed by atoms with Gasteiger partial charge in [0.25, 0.3) is 0 Å². The van der Waals surface area contributed by atoms with Crippen molar-refractivity contribution < 1.29 is 0 Å². The maximum Gasteiger partial charge on any atom is 0.0292 e. The fourth-order valence-electron chi connectivity index (χ4n) is 1.13. The minimum Gasteiger partial charge on any atom is -0.324 e. The van der Waals surface area contributed by atoms with Gasteiger partial charge in [0.2, 0.25) is 0 Å². The van der Waals surface area contributed by atoms with Crippen molar-refractivity contribution in [3.05, 3.63) is 33.8 Å². The summed E-state index contributed by atoms with van der Waals surface area (Å²) in [6.07, 6.45) is 0.987. The SMILES string of the molecule is CC[C@H](N)c1ccc(Br)c(C)c1.Cl. The summed E-state index contributed by atoms with van der Waals surface area (Å²) in [5.41, 5.74) is 8.37. The first-order valence-corrected chi connectivity index (χ1v) is 4.96. The van der Waals surface area contributed by atoms with Gasteiger partial charge in [0, 0.05) is 10.5 Å². The minimum absolute atomic E-state index is 0. The van der Waals surface area contributed by atoms with Gasteiger partial charge < -0.3 is 5.73 Å². The average Bonchev–Trinajstić information content (AvgIpc) is 2.08. The molecule has 0 aliphatic carbocycles. The maximum absolute atomic E-state index is 5.90. The van der Waals surface area contributed by atoms with Crippen LogP contribution >= 0.6 is 28.3 Å². The zero-order valence-corrected chi connectivity index (χ0v) is 10.3. The van der Waals surface area contributed by atoms with Crippen LogP contribution in [0.4, 0.5) is 0 Å². The Balaban J connectivity index is 0.00000144. The number of nitrogens with two attached hydrogens (primary N) is 1. The Kier molecular flexibility index (Phi) is 5.61. The molecule has 74 valence electrons. The first-order chi connectivity index (χ1) is 5.65. The third kappa shape index (κ3) is 3.29. The van der Waals surface area contributed by atoms with Crippen molar-refractivity contribution in [2.24, 2.45) is 5.73 Å². The Morgan fingerprint density at radius 3 is 2.54 bits per heavy atom. The third-order valence-corrected chi connectivity index (χ3v) is 2.94. The Hall–Kier alpha value is -0.0500. The lowest BCUT2D eigenvalue weighted by Crippen LogP contribution is -2.08. The molecule has 0 unspecified atom stereocenters. The van der Waals surface area contributed by atoms with Gasteiger partial charge in [-0.15, -0.1) is 12.4 Å². The lowest BCUT2D eigenvalue weighted by molar-refractivity contribution is 0.698. The van der Waals surface area contributed by atoms with Gasteiger partial charge in [0.1, 0.15) is 0 Å². The van der Waals surface area contributed by atoms with Crippen molar-refractivity contribution in [1.29, 1.82) is 0 Å². The van der Waals surface area contributed by atoms with E-state index in [-0.39, 0.29) is 18.4 Å². The number of hydrogen-bond donors (Lipinski definition) is 1. The molecule has 0 saturated heterocycles. The van der Waals surface area contributed by atoms with Crippen LogP contribution in [-0.4, -0.2) is 0 Å². The number of halogens is 2. The van der Waals surface area contributed by atoms with Gasteiger partial charge in [0.15, 0.2) is 0 Å². The third-order valence-electron chi connectivity index (χ3n) is 2.05. The van der Waals surface area contributed by atoms with Crippen molar-refractivity contribution in [3.8, 4) is 0 Å². The van der Waals surface area contributed by atoms with E-state index in [0.717, 1.165) is 10.9 Å².